The first kappa shape index (κ1) is 57.8. The Bertz CT molecular complexity index is 1020. The highest BCUT2D eigenvalue weighted by atomic mass is 16.5. The maximum Gasteiger partial charge on any atom is 0.305 e. The molecule has 0 aromatic rings. The maximum absolute atomic E-state index is 12.4. The molecule has 3 N–H and O–H groups in total. The van der Waals surface area contributed by atoms with E-state index in [2.05, 4.69) is 55.6 Å². The maximum atomic E-state index is 12.4. The molecular formula is C54H99NO5. The Morgan fingerprint density at radius 1 is 0.467 bits per heavy atom. The van der Waals surface area contributed by atoms with Gasteiger partial charge in [0.2, 0.25) is 5.91 Å². The van der Waals surface area contributed by atoms with Crippen molar-refractivity contribution >= 4 is 11.9 Å². The number of esters is 1. The number of hydrogen-bond acceptors (Lipinski definition) is 5. The highest BCUT2D eigenvalue weighted by Gasteiger charge is 2.18. The van der Waals surface area contributed by atoms with E-state index >= 15 is 0 Å². The van der Waals surface area contributed by atoms with E-state index in [1.54, 1.807) is 6.08 Å². The van der Waals surface area contributed by atoms with Crippen molar-refractivity contribution in [2.75, 3.05) is 13.2 Å². The van der Waals surface area contributed by atoms with Crippen LogP contribution in [0.2, 0.25) is 0 Å². The molecule has 1 amide bonds. The van der Waals surface area contributed by atoms with Crippen molar-refractivity contribution in [3.63, 3.8) is 0 Å². The van der Waals surface area contributed by atoms with E-state index in [1.165, 1.54) is 154 Å². The van der Waals surface area contributed by atoms with Gasteiger partial charge in [0, 0.05) is 12.8 Å². The minimum Gasteiger partial charge on any atom is -0.466 e. The summed E-state index contributed by atoms with van der Waals surface area (Å²) in [5.74, 6) is -0.125. The summed E-state index contributed by atoms with van der Waals surface area (Å²) in [5, 5.41) is 23.0. The van der Waals surface area contributed by atoms with Crippen LogP contribution in [0.4, 0.5) is 0 Å². The van der Waals surface area contributed by atoms with Crippen LogP contribution in [0.3, 0.4) is 0 Å². The highest BCUT2D eigenvalue weighted by Crippen LogP contribution is 2.15. The van der Waals surface area contributed by atoms with Gasteiger partial charge >= 0.3 is 5.97 Å². The topological polar surface area (TPSA) is 95.9 Å². The first-order valence-corrected chi connectivity index (χ1v) is 25.9. The smallest absolute Gasteiger partial charge is 0.305 e. The summed E-state index contributed by atoms with van der Waals surface area (Å²) < 4.78 is 5.43. The van der Waals surface area contributed by atoms with Crippen molar-refractivity contribution < 1.29 is 24.5 Å². The number of aliphatic hydroxyl groups excluding tert-OH is 2. The molecule has 0 spiro atoms. The number of unbranched alkanes of at least 4 members (excludes halogenated alkanes) is 31. The number of allylic oxidation sites excluding steroid dienone is 7. The molecule has 6 nitrogen and oxygen atoms in total. The molecule has 350 valence electrons. The second kappa shape index (κ2) is 49.5. The van der Waals surface area contributed by atoms with Gasteiger partial charge < -0.3 is 20.3 Å². The van der Waals surface area contributed by atoms with Crippen LogP contribution in [-0.2, 0) is 14.3 Å². The van der Waals surface area contributed by atoms with Gasteiger partial charge in [-0.25, -0.2) is 0 Å². The summed E-state index contributed by atoms with van der Waals surface area (Å²) in [6.45, 7) is 4.82. The first-order valence-electron chi connectivity index (χ1n) is 25.9. The Labute approximate surface area is 372 Å². The molecule has 2 unspecified atom stereocenters. The number of aliphatic hydroxyl groups is 2. The normalized spacial score (nSPS) is 13.1. The third-order valence-corrected chi connectivity index (χ3v) is 11.6. The van der Waals surface area contributed by atoms with E-state index in [9.17, 15) is 19.8 Å². The van der Waals surface area contributed by atoms with E-state index in [0.29, 0.717) is 19.4 Å². The summed E-state index contributed by atoms with van der Waals surface area (Å²) in [4.78, 5) is 24.4. The van der Waals surface area contributed by atoms with Crippen LogP contribution in [0, 0.1) is 0 Å². The summed E-state index contributed by atoms with van der Waals surface area (Å²) in [5.41, 5.74) is 0. The number of hydrogen-bond donors (Lipinski definition) is 3. The molecule has 0 aromatic heterocycles. The highest BCUT2D eigenvalue weighted by molar-refractivity contribution is 5.76. The van der Waals surface area contributed by atoms with E-state index < -0.39 is 12.1 Å². The summed E-state index contributed by atoms with van der Waals surface area (Å²) >= 11 is 0. The second-order valence-corrected chi connectivity index (χ2v) is 17.5. The Morgan fingerprint density at radius 2 is 0.833 bits per heavy atom. The monoisotopic (exact) mass is 842 g/mol. The number of carbonyl (C=O) groups excluding carboxylic acids is 2. The van der Waals surface area contributed by atoms with Gasteiger partial charge in [-0.2, -0.15) is 0 Å². The van der Waals surface area contributed by atoms with Crippen LogP contribution >= 0.6 is 0 Å². The molecule has 60 heavy (non-hydrogen) atoms. The Hall–Kier alpha value is -2.18. The number of rotatable bonds is 47. The zero-order chi connectivity index (χ0) is 43.7. The predicted octanol–water partition coefficient (Wildman–Crippen LogP) is 15.5. The average Bonchev–Trinajstić information content (AvgIpc) is 3.25. The van der Waals surface area contributed by atoms with Gasteiger partial charge in [0.05, 0.1) is 25.4 Å². The molecule has 0 heterocycles. The molecule has 0 bridgehead atoms. The van der Waals surface area contributed by atoms with E-state index in [4.69, 9.17) is 4.74 Å². The molecular weight excluding hydrogens is 743 g/mol. The molecule has 0 aliphatic carbocycles. The SMILES string of the molecule is CCCCCC/C=C\CCCCCCCC(=O)OCCCCC/C=C\C=C/CCCCCCCCC(=O)NC(CO)C(O)/C=C/CCCCCCCCCCCCCCC. The molecule has 0 aromatic carbocycles. The fourth-order valence-corrected chi connectivity index (χ4v) is 7.56. The lowest BCUT2D eigenvalue weighted by atomic mass is 10.0. The lowest BCUT2D eigenvalue weighted by Crippen LogP contribution is -2.45. The minimum atomic E-state index is -0.859. The fourth-order valence-electron chi connectivity index (χ4n) is 7.56. The summed E-state index contributed by atoms with van der Waals surface area (Å²) in [6.07, 6.45) is 61.1. The fraction of sp³-hybridized carbons (Fsp3) is 0.815. The van der Waals surface area contributed by atoms with Crippen molar-refractivity contribution in [3.05, 3.63) is 48.6 Å². The molecule has 2 atom stereocenters. The van der Waals surface area contributed by atoms with Gasteiger partial charge in [0.15, 0.2) is 0 Å². The number of amides is 1. The van der Waals surface area contributed by atoms with Crippen molar-refractivity contribution in [1.82, 2.24) is 5.32 Å². The van der Waals surface area contributed by atoms with Crippen LogP contribution in [0.25, 0.3) is 0 Å². The lowest BCUT2D eigenvalue weighted by Gasteiger charge is -2.20. The Balaban J connectivity index is 3.58. The van der Waals surface area contributed by atoms with Crippen LogP contribution < -0.4 is 5.32 Å². The number of ether oxygens (including phenoxy) is 1. The van der Waals surface area contributed by atoms with Gasteiger partial charge in [-0.1, -0.05) is 204 Å². The molecule has 0 fully saturated rings. The molecule has 0 rings (SSSR count). The van der Waals surface area contributed by atoms with Gasteiger partial charge in [-0.3, -0.25) is 9.59 Å². The molecule has 0 aliphatic heterocycles. The zero-order valence-corrected chi connectivity index (χ0v) is 39.7. The van der Waals surface area contributed by atoms with Crippen LogP contribution in [0.1, 0.15) is 258 Å². The lowest BCUT2D eigenvalue weighted by molar-refractivity contribution is -0.143. The first-order chi connectivity index (χ1) is 29.5. The Kier molecular flexibility index (Phi) is 47.7. The largest absolute Gasteiger partial charge is 0.466 e. The third-order valence-electron chi connectivity index (χ3n) is 11.6. The predicted molar refractivity (Wildman–Crippen MR) is 259 cm³/mol. The van der Waals surface area contributed by atoms with Crippen LogP contribution in [0.15, 0.2) is 48.6 Å². The van der Waals surface area contributed by atoms with Gasteiger partial charge in [0.1, 0.15) is 0 Å². The standard InChI is InChI=1S/C54H99NO5/c1-3-5-7-9-11-13-15-17-19-23-26-30-34-38-42-46-52(57)51(50-56)55-53(58)47-43-39-35-31-27-24-20-18-21-25-29-33-37-41-45-49-60-54(59)48-44-40-36-32-28-22-16-14-12-10-8-6-4-2/h14,16,18,21,25,29,42,46,51-52,56-57H,3-13,15,17,19-20,22-24,26-28,30-41,43-45,47-50H2,1-2H3,(H,55,58)/b16-14-,21-18-,29-25-,46-42+. The third kappa shape index (κ3) is 45.3. The van der Waals surface area contributed by atoms with E-state index in [1.807, 2.05) is 6.08 Å². The van der Waals surface area contributed by atoms with E-state index in [0.717, 1.165) is 77.0 Å². The van der Waals surface area contributed by atoms with Gasteiger partial charge in [-0.15, -0.1) is 0 Å². The zero-order valence-electron chi connectivity index (χ0n) is 39.7. The quantitative estimate of drug-likeness (QED) is 0.0245. The van der Waals surface area contributed by atoms with Crippen LogP contribution in [-0.4, -0.2) is 47.4 Å². The molecule has 0 saturated heterocycles. The van der Waals surface area contributed by atoms with E-state index in [-0.39, 0.29) is 18.5 Å². The average molecular weight is 842 g/mol. The summed E-state index contributed by atoms with van der Waals surface area (Å²) in [6, 6.07) is -0.645. The second-order valence-electron chi connectivity index (χ2n) is 17.5. The minimum absolute atomic E-state index is 0.0330. The van der Waals surface area contributed by atoms with Crippen molar-refractivity contribution in [2.24, 2.45) is 0 Å². The van der Waals surface area contributed by atoms with Crippen LogP contribution in [0.5, 0.6) is 0 Å². The molecule has 0 radical (unpaired) electrons. The number of carbonyl (C=O) groups is 2. The molecule has 0 aliphatic rings. The Morgan fingerprint density at radius 3 is 1.30 bits per heavy atom. The molecule has 6 heteroatoms. The van der Waals surface area contributed by atoms with Gasteiger partial charge in [0.25, 0.3) is 0 Å². The summed E-state index contributed by atoms with van der Waals surface area (Å²) in [7, 11) is 0. The van der Waals surface area contributed by atoms with Crippen molar-refractivity contribution in [1.29, 1.82) is 0 Å². The number of nitrogens with one attached hydrogen (secondary N) is 1. The molecule has 0 saturated carbocycles. The van der Waals surface area contributed by atoms with Crippen molar-refractivity contribution in [3.8, 4) is 0 Å². The van der Waals surface area contributed by atoms with Gasteiger partial charge in [-0.05, 0) is 89.9 Å². The van der Waals surface area contributed by atoms with Crippen molar-refractivity contribution in [2.45, 2.75) is 270 Å².